The van der Waals surface area contributed by atoms with Crippen molar-refractivity contribution >= 4 is 27.5 Å². The maximum Gasteiger partial charge on any atom is 0.244 e. The summed E-state index contributed by atoms with van der Waals surface area (Å²) in [6.07, 6.45) is 6.05. The zero-order valence-electron chi connectivity index (χ0n) is 25.4. The Labute approximate surface area is 259 Å². The molecule has 3 aromatic rings. The van der Waals surface area contributed by atoms with Crippen molar-refractivity contribution in [3.8, 4) is 11.5 Å². The number of anilines is 1. The zero-order valence-corrected chi connectivity index (χ0v) is 26.2. The first-order valence-corrected chi connectivity index (χ1v) is 16.5. The molecule has 2 amide bonds. The van der Waals surface area contributed by atoms with Crippen LogP contribution in [0.5, 0.6) is 11.5 Å². The first kappa shape index (κ1) is 32.8. The maximum absolute atomic E-state index is 14.3. The second-order valence-electron chi connectivity index (χ2n) is 11.0. The van der Waals surface area contributed by atoms with Gasteiger partial charge in [0.15, 0.2) is 0 Å². The molecule has 1 saturated carbocycles. The van der Waals surface area contributed by atoms with Gasteiger partial charge in [-0.05, 0) is 48.2 Å². The molecule has 0 saturated heterocycles. The molecule has 0 spiro atoms. The lowest BCUT2D eigenvalue weighted by Crippen LogP contribution is -2.55. The number of rotatable bonds is 13. The molecule has 0 aromatic heterocycles. The van der Waals surface area contributed by atoms with E-state index in [0.29, 0.717) is 11.3 Å². The summed E-state index contributed by atoms with van der Waals surface area (Å²) in [4.78, 5) is 29.7. The number of carbonyl (C=O) groups excluding carboxylic acids is 2. The van der Waals surface area contributed by atoms with E-state index in [1.165, 1.54) is 37.3 Å². The lowest BCUT2D eigenvalue weighted by atomic mass is 9.94. The van der Waals surface area contributed by atoms with Crippen LogP contribution >= 0.6 is 0 Å². The normalized spacial score (nSPS) is 14.4. The molecule has 11 heteroatoms. The fraction of sp³-hybridized carbons (Fsp3) is 0.394. The highest BCUT2D eigenvalue weighted by molar-refractivity contribution is 7.92. The Bertz CT molecular complexity index is 1510. The smallest absolute Gasteiger partial charge is 0.244 e. The van der Waals surface area contributed by atoms with Gasteiger partial charge >= 0.3 is 0 Å². The number of ether oxygens (including phenoxy) is 2. The molecular weight excluding hydrogens is 585 g/mol. The predicted molar refractivity (Wildman–Crippen MR) is 168 cm³/mol. The van der Waals surface area contributed by atoms with Crippen molar-refractivity contribution < 1.29 is 31.9 Å². The Morgan fingerprint density at radius 1 is 0.932 bits per heavy atom. The van der Waals surface area contributed by atoms with Gasteiger partial charge in [0.2, 0.25) is 21.8 Å². The highest BCUT2D eigenvalue weighted by atomic mass is 32.2. The molecule has 1 aliphatic carbocycles. The van der Waals surface area contributed by atoms with Crippen molar-refractivity contribution in [2.45, 2.75) is 57.2 Å². The standard InChI is InChI=1S/C33H40FN3O6S/c1-42-28-18-19-31(43-2)29(21-28)37(44(3,40)41)23-32(38)36(22-25-14-16-26(34)17-15-25)30(20-24-10-6-4-7-11-24)33(39)35-27-12-8-5-9-13-27/h4,6-7,10-11,14-19,21,27,30H,5,8-9,12-13,20,22-23H2,1-3H3,(H,35,39)/t30-/m0/s1. The second-order valence-corrected chi connectivity index (χ2v) is 12.9. The molecule has 4 rings (SSSR count). The Hall–Kier alpha value is -4.12. The summed E-state index contributed by atoms with van der Waals surface area (Å²) >= 11 is 0. The molecule has 1 atom stereocenters. The third-order valence-corrected chi connectivity index (χ3v) is 8.95. The molecule has 1 aliphatic rings. The van der Waals surface area contributed by atoms with Crippen molar-refractivity contribution in [3.63, 3.8) is 0 Å². The predicted octanol–water partition coefficient (Wildman–Crippen LogP) is 4.70. The lowest BCUT2D eigenvalue weighted by molar-refractivity contribution is -0.140. The van der Waals surface area contributed by atoms with Gasteiger partial charge in [-0.1, -0.05) is 61.7 Å². The van der Waals surface area contributed by atoms with E-state index in [1.807, 2.05) is 30.3 Å². The van der Waals surface area contributed by atoms with E-state index in [-0.39, 0.29) is 36.4 Å². The van der Waals surface area contributed by atoms with Crippen LogP contribution in [-0.2, 0) is 32.6 Å². The van der Waals surface area contributed by atoms with Crippen LogP contribution in [0.4, 0.5) is 10.1 Å². The summed E-state index contributed by atoms with van der Waals surface area (Å²) in [6.45, 7) is -0.646. The molecule has 0 aliphatic heterocycles. The van der Waals surface area contributed by atoms with E-state index in [0.717, 1.165) is 48.2 Å². The minimum absolute atomic E-state index is 0.00846. The van der Waals surface area contributed by atoms with Crippen molar-refractivity contribution in [1.29, 1.82) is 0 Å². The molecule has 236 valence electrons. The lowest BCUT2D eigenvalue weighted by Gasteiger charge is -2.35. The number of sulfonamides is 1. The molecule has 0 unspecified atom stereocenters. The fourth-order valence-corrected chi connectivity index (χ4v) is 6.32. The van der Waals surface area contributed by atoms with Crippen LogP contribution in [0.1, 0.15) is 43.2 Å². The number of hydrogen-bond acceptors (Lipinski definition) is 6. The molecule has 9 nitrogen and oxygen atoms in total. The van der Waals surface area contributed by atoms with Gasteiger partial charge in [-0.15, -0.1) is 0 Å². The molecule has 0 heterocycles. The van der Waals surface area contributed by atoms with Crippen LogP contribution in [0.2, 0.25) is 0 Å². The molecular formula is C33H40FN3O6S. The summed E-state index contributed by atoms with van der Waals surface area (Å²) in [5.41, 5.74) is 1.55. The van der Waals surface area contributed by atoms with Crippen molar-refractivity contribution in [2.75, 3.05) is 31.3 Å². The number of halogens is 1. The summed E-state index contributed by atoms with van der Waals surface area (Å²) in [7, 11) is -1.16. The number of nitrogens with one attached hydrogen (secondary N) is 1. The molecule has 1 fully saturated rings. The Kier molecular flexibility index (Phi) is 11.2. The van der Waals surface area contributed by atoms with Crippen LogP contribution < -0.4 is 19.1 Å². The minimum Gasteiger partial charge on any atom is -0.497 e. The number of benzene rings is 3. The zero-order chi connectivity index (χ0) is 31.7. The van der Waals surface area contributed by atoms with E-state index in [4.69, 9.17) is 9.47 Å². The van der Waals surface area contributed by atoms with E-state index < -0.39 is 34.3 Å². The highest BCUT2D eigenvalue weighted by Gasteiger charge is 2.34. The molecule has 1 N–H and O–H groups in total. The van der Waals surface area contributed by atoms with Crippen molar-refractivity contribution in [3.05, 3.63) is 89.7 Å². The highest BCUT2D eigenvalue weighted by Crippen LogP contribution is 2.34. The third-order valence-electron chi connectivity index (χ3n) is 7.82. The quantitative estimate of drug-likeness (QED) is 0.295. The number of methoxy groups -OCH3 is 2. The Morgan fingerprint density at radius 3 is 2.23 bits per heavy atom. The Morgan fingerprint density at radius 2 is 1.61 bits per heavy atom. The van der Waals surface area contributed by atoms with Crippen molar-refractivity contribution in [2.24, 2.45) is 0 Å². The Balaban J connectivity index is 1.75. The molecule has 3 aromatic carbocycles. The van der Waals surface area contributed by atoms with Gasteiger partial charge in [0.25, 0.3) is 0 Å². The van der Waals surface area contributed by atoms with E-state index in [9.17, 15) is 22.4 Å². The second kappa shape index (κ2) is 15.1. The van der Waals surface area contributed by atoms with Gasteiger partial charge in [0.05, 0.1) is 26.2 Å². The monoisotopic (exact) mass is 625 g/mol. The largest absolute Gasteiger partial charge is 0.497 e. The average molecular weight is 626 g/mol. The van der Waals surface area contributed by atoms with Crippen LogP contribution in [0.25, 0.3) is 0 Å². The number of carbonyl (C=O) groups is 2. The summed E-state index contributed by atoms with van der Waals surface area (Å²) in [5.74, 6) is -0.759. The van der Waals surface area contributed by atoms with E-state index >= 15 is 0 Å². The van der Waals surface area contributed by atoms with Gasteiger partial charge in [-0.2, -0.15) is 0 Å². The fourth-order valence-electron chi connectivity index (χ4n) is 5.47. The molecule has 44 heavy (non-hydrogen) atoms. The van der Waals surface area contributed by atoms with Gasteiger partial charge in [-0.3, -0.25) is 13.9 Å². The number of hydrogen-bond donors (Lipinski definition) is 1. The van der Waals surface area contributed by atoms with Crippen LogP contribution in [-0.4, -0.2) is 64.2 Å². The SMILES string of the molecule is COc1ccc(OC)c(N(CC(=O)N(Cc2ccc(F)cc2)[C@@H](Cc2ccccc2)C(=O)NC2CCCCC2)S(C)(=O)=O)c1. The van der Waals surface area contributed by atoms with Gasteiger partial charge in [-0.25, -0.2) is 12.8 Å². The summed E-state index contributed by atoms with van der Waals surface area (Å²) in [6, 6.07) is 18.7. The third kappa shape index (κ3) is 8.72. The maximum atomic E-state index is 14.3. The number of nitrogens with zero attached hydrogens (tertiary/aromatic N) is 2. The first-order chi connectivity index (χ1) is 21.1. The summed E-state index contributed by atoms with van der Waals surface area (Å²) in [5, 5.41) is 3.16. The molecule has 0 bridgehead atoms. The van der Waals surface area contributed by atoms with Crippen molar-refractivity contribution in [1.82, 2.24) is 10.2 Å². The van der Waals surface area contributed by atoms with Gasteiger partial charge < -0.3 is 19.7 Å². The van der Waals surface area contributed by atoms with Crippen LogP contribution in [0, 0.1) is 5.82 Å². The minimum atomic E-state index is -4.01. The summed E-state index contributed by atoms with van der Waals surface area (Å²) < 4.78 is 51.8. The van der Waals surface area contributed by atoms with E-state index in [2.05, 4.69) is 5.32 Å². The average Bonchev–Trinajstić information content (AvgIpc) is 3.02. The van der Waals surface area contributed by atoms with Crippen LogP contribution in [0.3, 0.4) is 0 Å². The van der Waals surface area contributed by atoms with E-state index in [1.54, 1.807) is 24.3 Å². The van der Waals surface area contributed by atoms with Gasteiger partial charge in [0.1, 0.15) is 29.9 Å². The first-order valence-electron chi connectivity index (χ1n) is 14.7. The van der Waals surface area contributed by atoms with Crippen LogP contribution in [0.15, 0.2) is 72.8 Å². The molecule has 0 radical (unpaired) electrons. The number of amides is 2. The topological polar surface area (TPSA) is 105 Å². The van der Waals surface area contributed by atoms with Gasteiger partial charge in [0, 0.05) is 25.1 Å².